The van der Waals surface area contributed by atoms with Crippen LogP contribution in [0.4, 0.5) is 0 Å². The highest BCUT2D eigenvalue weighted by Gasteiger charge is 2.36. The summed E-state index contributed by atoms with van der Waals surface area (Å²) in [6.45, 7) is 3.80. The maximum absolute atomic E-state index is 12.9. The summed E-state index contributed by atoms with van der Waals surface area (Å²) < 4.78 is 6.00. The highest BCUT2D eigenvalue weighted by Crippen LogP contribution is 2.23. The quantitative estimate of drug-likeness (QED) is 0.871. The summed E-state index contributed by atoms with van der Waals surface area (Å²) in [6, 6.07) is 19.8. The van der Waals surface area contributed by atoms with Gasteiger partial charge in [-0.15, -0.1) is 12.4 Å². The van der Waals surface area contributed by atoms with Crippen LogP contribution in [-0.4, -0.2) is 30.0 Å². The molecule has 1 amide bonds. The Labute approximate surface area is 161 Å². The minimum absolute atomic E-state index is 0. The van der Waals surface area contributed by atoms with Crippen LogP contribution in [0, 0.1) is 0 Å². The number of nitrogens with two attached hydrogens (primary N) is 1. The van der Waals surface area contributed by atoms with Crippen molar-refractivity contribution in [2.75, 3.05) is 13.1 Å². The van der Waals surface area contributed by atoms with Crippen molar-refractivity contribution >= 4 is 18.3 Å². The molecule has 3 rings (SSSR count). The highest BCUT2D eigenvalue weighted by atomic mass is 35.5. The molecule has 1 saturated heterocycles. The molecule has 4 nitrogen and oxygen atoms in total. The Balaban J connectivity index is 0.00000243. The number of carbonyl (C=O) groups is 1. The predicted molar refractivity (Wildman–Crippen MR) is 106 cm³/mol. The number of hydrogen-bond acceptors (Lipinski definition) is 3. The molecule has 0 aromatic heterocycles. The number of benzene rings is 2. The molecule has 1 atom stereocenters. The van der Waals surface area contributed by atoms with E-state index in [1.807, 2.05) is 53.4 Å². The van der Waals surface area contributed by atoms with Crippen LogP contribution in [-0.2, 0) is 21.7 Å². The molecule has 2 aromatic rings. The normalized spacial score (nSPS) is 17.2. The van der Waals surface area contributed by atoms with Gasteiger partial charge < -0.3 is 15.4 Å². The average Bonchev–Trinajstić information content (AvgIpc) is 2.68. The monoisotopic (exact) mass is 374 g/mol. The Hall–Kier alpha value is -1.88. The molecule has 2 N–H and O–H groups in total. The zero-order valence-electron chi connectivity index (χ0n) is 15.1. The number of halogens is 1. The van der Waals surface area contributed by atoms with Gasteiger partial charge in [-0.2, -0.15) is 0 Å². The van der Waals surface area contributed by atoms with Crippen molar-refractivity contribution in [3.8, 4) is 0 Å². The van der Waals surface area contributed by atoms with Gasteiger partial charge in [-0.05, 0) is 30.9 Å². The maximum Gasteiger partial charge on any atom is 0.246 e. The van der Waals surface area contributed by atoms with E-state index in [1.54, 1.807) is 6.92 Å². The van der Waals surface area contributed by atoms with E-state index in [0.717, 1.165) is 18.4 Å². The van der Waals surface area contributed by atoms with Crippen LogP contribution < -0.4 is 5.73 Å². The summed E-state index contributed by atoms with van der Waals surface area (Å²) in [5.41, 5.74) is 7.40. The van der Waals surface area contributed by atoms with Crippen molar-refractivity contribution in [2.24, 2.45) is 5.73 Å². The van der Waals surface area contributed by atoms with Gasteiger partial charge in [0.25, 0.3) is 0 Å². The van der Waals surface area contributed by atoms with Gasteiger partial charge in [0, 0.05) is 13.1 Å². The fourth-order valence-corrected chi connectivity index (χ4v) is 3.25. The third-order valence-corrected chi connectivity index (χ3v) is 4.88. The molecule has 0 spiro atoms. The highest BCUT2D eigenvalue weighted by molar-refractivity contribution is 5.87. The van der Waals surface area contributed by atoms with Crippen molar-refractivity contribution < 1.29 is 9.53 Å². The molecule has 140 valence electrons. The van der Waals surface area contributed by atoms with Gasteiger partial charge in [-0.1, -0.05) is 60.7 Å². The predicted octanol–water partition coefficient (Wildman–Crippen LogP) is 3.49. The number of hydrogen-bond donors (Lipinski definition) is 1. The summed E-state index contributed by atoms with van der Waals surface area (Å²) in [4.78, 5) is 14.7. The molecule has 1 unspecified atom stereocenters. The van der Waals surface area contributed by atoms with E-state index in [1.165, 1.54) is 5.56 Å². The third kappa shape index (κ3) is 4.85. The van der Waals surface area contributed by atoms with Gasteiger partial charge in [0.2, 0.25) is 5.91 Å². The van der Waals surface area contributed by atoms with Crippen LogP contribution in [0.3, 0.4) is 0 Å². The Morgan fingerprint density at radius 2 is 1.62 bits per heavy atom. The molecule has 0 saturated carbocycles. The van der Waals surface area contributed by atoms with Crippen molar-refractivity contribution in [1.29, 1.82) is 0 Å². The van der Waals surface area contributed by atoms with Gasteiger partial charge in [-0.3, -0.25) is 4.79 Å². The van der Waals surface area contributed by atoms with E-state index in [9.17, 15) is 4.79 Å². The molecule has 0 radical (unpaired) electrons. The first-order valence-electron chi connectivity index (χ1n) is 8.86. The largest absolute Gasteiger partial charge is 0.373 e. The molecular weight excluding hydrogens is 348 g/mol. The SMILES string of the molecule is CC(N)(C(=O)N1CCC(OCc2ccccc2)CC1)c1ccccc1.Cl. The lowest BCUT2D eigenvalue weighted by atomic mass is 9.90. The molecular formula is C21H27ClN2O2. The van der Waals surface area contributed by atoms with Crippen LogP contribution in [0.25, 0.3) is 0 Å². The molecule has 1 aliphatic rings. The molecule has 1 fully saturated rings. The summed E-state index contributed by atoms with van der Waals surface area (Å²) in [7, 11) is 0. The number of nitrogens with zero attached hydrogens (tertiary/aromatic N) is 1. The number of amides is 1. The molecule has 0 bridgehead atoms. The van der Waals surface area contributed by atoms with Crippen molar-refractivity contribution in [3.63, 3.8) is 0 Å². The van der Waals surface area contributed by atoms with Gasteiger partial charge in [-0.25, -0.2) is 0 Å². The number of carbonyl (C=O) groups excluding carboxylic acids is 1. The number of likely N-dealkylation sites (tertiary alicyclic amines) is 1. The molecule has 1 aliphatic heterocycles. The van der Waals surface area contributed by atoms with E-state index < -0.39 is 5.54 Å². The lowest BCUT2D eigenvalue weighted by Crippen LogP contribution is -2.53. The standard InChI is InChI=1S/C21H26N2O2.ClH/c1-21(22,18-10-6-3-7-11-18)20(24)23-14-12-19(13-15-23)25-16-17-8-4-2-5-9-17;/h2-11,19H,12-16,22H2,1H3;1H. The Bertz CT molecular complexity index is 684. The number of rotatable bonds is 5. The minimum atomic E-state index is -0.987. The topological polar surface area (TPSA) is 55.6 Å². The van der Waals surface area contributed by atoms with E-state index >= 15 is 0 Å². The summed E-state index contributed by atoms with van der Waals surface area (Å²) in [5.74, 6) is -0.0137. The van der Waals surface area contributed by atoms with E-state index in [2.05, 4.69) is 12.1 Å². The van der Waals surface area contributed by atoms with Crippen LogP contribution >= 0.6 is 12.4 Å². The summed E-state index contributed by atoms with van der Waals surface area (Å²) in [5, 5.41) is 0. The van der Waals surface area contributed by atoms with E-state index in [0.29, 0.717) is 19.7 Å². The molecule has 5 heteroatoms. The van der Waals surface area contributed by atoms with E-state index in [-0.39, 0.29) is 24.4 Å². The van der Waals surface area contributed by atoms with Gasteiger partial charge >= 0.3 is 0 Å². The first-order valence-corrected chi connectivity index (χ1v) is 8.86. The lowest BCUT2D eigenvalue weighted by molar-refractivity contribution is -0.139. The second kappa shape index (κ2) is 9.17. The summed E-state index contributed by atoms with van der Waals surface area (Å²) in [6.07, 6.45) is 1.90. The number of ether oxygens (including phenoxy) is 1. The lowest BCUT2D eigenvalue weighted by Gasteiger charge is -2.37. The van der Waals surface area contributed by atoms with Crippen molar-refractivity contribution in [2.45, 2.75) is 38.0 Å². The van der Waals surface area contributed by atoms with Crippen LogP contribution in [0.5, 0.6) is 0 Å². The van der Waals surface area contributed by atoms with Crippen LogP contribution in [0.2, 0.25) is 0 Å². The van der Waals surface area contributed by atoms with Gasteiger partial charge in [0.1, 0.15) is 5.54 Å². The molecule has 26 heavy (non-hydrogen) atoms. The van der Waals surface area contributed by atoms with Gasteiger partial charge in [0.15, 0.2) is 0 Å². The zero-order chi connectivity index (χ0) is 17.7. The molecule has 0 aliphatic carbocycles. The fraction of sp³-hybridized carbons (Fsp3) is 0.381. The first kappa shape index (κ1) is 20.4. The second-order valence-electron chi connectivity index (χ2n) is 6.86. The minimum Gasteiger partial charge on any atom is -0.373 e. The second-order valence-corrected chi connectivity index (χ2v) is 6.86. The molecule has 1 heterocycles. The maximum atomic E-state index is 12.9. The zero-order valence-corrected chi connectivity index (χ0v) is 16.0. The molecule has 2 aromatic carbocycles. The van der Waals surface area contributed by atoms with Gasteiger partial charge in [0.05, 0.1) is 12.7 Å². The third-order valence-electron chi connectivity index (χ3n) is 4.88. The van der Waals surface area contributed by atoms with Crippen LogP contribution in [0.15, 0.2) is 60.7 Å². The first-order chi connectivity index (χ1) is 12.1. The van der Waals surface area contributed by atoms with E-state index in [4.69, 9.17) is 10.5 Å². The average molecular weight is 375 g/mol. The Morgan fingerprint density at radius 3 is 2.19 bits per heavy atom. The summed E-state index contributed by atoms with van der Waals surface area (Å²) >= 11 is 0. The Kier molecular flexibility index (Phi) is 7.21. The van der Waals surface area contributed by atoms with Crippen molar-refractivity contribution in [1.82, 2.24) is 4.90 Å². The Morgan fingerprint density at radius 1 is 1.08 bits per heavy atom. The van der Waals surface area contributed by atoms with Crippen LogP contribution in [0.1, 0.15) is 30.9 Å². The smallest absolute Gasteiger partial charge is 0.246 e. The fourth-order valence-electron chi connectivity index (χ4n) is 3.25. The number of piperidine rings is 1. The van der Waals surface area contributed by atoms with Crippen molar-refractivity contribution in [3.05, 3.63) is 71.8 Å².